The molecule has 0 atom stereocenters. The van der Waals surface area contributed by atoms with Gasteiger partial charge in [0, 0.05) is 6.07 Å². The standard InChI is InChI=1S/C15H12O6/c16-10(9-6-14(20)15(21)7-12(9)18)3-1-8-2-4-11(17)13(19)5-8/h1-7,17-21H/b3-1+. The second kappa shape index (κ2) is 5.46. The van der Waals surface area contributed by atoms with Crippen molar-refractivity contribution in [1.29, 1.82) is 0 Å². The van der Waals surface area contributed by atoms with E-state index < -0.39 is 23.0 Å². The van der Waals surface area contributed by atoms with Crippen LogP contribution in [0.2, 0.25) is 0 Å². The van der Waals surface area contributed by atoms with Crippen molar-refractivity contribution in [2.75, 3.05) is 0 Å². The Morgan fingerprint density at radius 1 is 0.762 bits per heavy atom. The third-order valence-corrected chi connectivity index (χ3v) is 2.78. The van der Waals surface area contributed by atoms with Crippen molar-refractivity contribution in [2.24, 2.45) is 0 Å². The van der Waals surface area contributed by atoms with Gasteiger partial charge in [-0.1, -0.05) is 12.1 Å². The van der Waals surface area contributed by atoms with Crippen molar-refractivity contribution in [3.05, 3.63) is 47.5 Å². The molecule has 0 saturated heterocycles. The second-order valence-electron chi connectivity index (χ2n) is 4.30. The van der Waals surface area contributed by atoms with Crippen molar-refractivity contribution in [2.45, 2.75) is 0 Å². The van der Waals surface area contributed by atoms with Gasteiger partial charge in [0.05, 0.1) is 5.56 Å². The Kier molecular flexibility index (Phi) is 3.71. The number of carbonyl (C=O) groups is 1. The molecular formula is C15H12O6. The molecule has 108 valence electrons. The van der Waals surface area contributed by atoms with E-state index in [9.17, 15) is 25.2 Å². The Morgan fingerprint density at radius 3 is 2.05 bits per heavy atom. The first-order valence-electron chi connectivity index (χ1n) is 5.88. The van der Waals surface area contributed by atoms with Gasteiger partial charge >= 0.3 is 0 Å². The first kappa shape index (κ1) is 14.3. The largest absolute Gasteiger partial charge is 0.507 e. The lowest BCUT2D eigenvalue weighted by Gasteiger charge is -2.03. The van der Waals surface area contributed by atoms with E-state index in [-0.39, 0.29) is 17.1 Å². The summed E-state index contributed by atoms with van der Waals surface area (Å²) in [6.07, 6.45) is 2.49. The molecule has 0 heterocycles. The van der Waals surface area contributed by atoms with Crippen molar-refractivity contribution in [3.63, 3.8) is 0 Å². The third-order valence-electron chi connectivity index (χ3n) is 2.78. The van der Waals surface area contributed by atoms with E-state index in [4.69, 9.17) is 5.11 Å². The van der Waals surface area contributed by atoms with Gasteiger partial charge in [-0.2, -0.15) is 0 Å². The monoisotopic (exact) mass is 288 g/mol. The first-order chi connectivity index (χ1) is 9.88. The predicted molar refractivity (Wildman–Crippen MR) is 74.6 cm³/mol. The number of ketones is 1. The third kappa shape index (κ3) is 3.06. The lowest BCUT2D eigenvalue weighted by atomic mass is 10.1. The van der Waals surface area contributed by atoms with Crippen LogP contribution in [0.15, 0.2) is 36.4 Å². The van der Waals surface area contributed by atoms with Crippen LogP contribution in [0.25, 0.3) is 6.08 Å². The fourth-order valence-electron chi connectivity index (χ4n) is 1.67. The van der Waals surface area contributed by atoms with Crippen molar-refractivity contribution >= 4 is 11.9 Å². The van der Waals surface area contributed by atoms with Crippen LogP contribution >= 0.6 is 0 Å². The maximum absolute atomic E-state index is 11.9. The molecule has 21 heavy (non-hydrogen) atoms. The van der Waals surface area contributed by atoms with Crippen LogP contribution in [0.4, 0.5) is 0 Å². The molecule has 0 radical (unpaired) electrons. The average molecular weight is 288 g/mol. The van der Waals surface area contributed by atoms with Crippen LogP contribution in [-0.2, 0) is 0 Å². The Bertz CT molecular complexity index is 733. The molecule has 2 rings (SSSR count). The van der Waals surface area contributed by atoms with Gasteiger partial charge in [0.15, 0.2) is 28.8 Å². The predicted octanol–water partition coefficient (Wildman–Crippen LogP) is 2.11. The highest BCUT2D eigenvalue weighted by Gasteiger charge is 2.12. The molecule has 0 aliphatic heterocycles. The molecule has 6 nitrogen and oxygen atoms in total. The van der Waals surface area contributed by atoms with Crippen LogP contribution in [0.1, 0.15) is 15.9 Å². The van der Waals surface area contributed by atoms with Gasteiger partial charge in [0.25, 0.3) is 0 Å². The van der Waals surface area contributed by atoms with Gasteiger partial charge in [0.1, 0.15) is 5.75 Å². The van der Waals surface area contributed by atoms with Crippen LogP contribution in [0.5, 0.6) is 28.7 Å². The minimum absolute atomic E-state index is 0.176. The average Bonchev–Trinajstić information content (AvgIpc) is 2.44. The number of phenolic OH excluding ortho intramolecular Hbond substituents is 5. The summed E-state index contributed by atoms with van der Waals surface area (Å²) in [6.45, 7) is 0. The number of hydrogen-bond donors (Lipinski definition) is 5. The summed E-state index contributed by atoms with van der Waals surface area (Å²) >= 11 is 0. The summed E-state index contributed by atoms with van der Waals surface area (Å²) in [5, 5.41) is 46.6. The molecule has 6 heteroatoms. The maximum Gasteiger partial charge on any atom is 0.189 e. The molecule has 5 N–H and O–H groups in total. The molecule has 0 aliphatic carbocycles. The fraction of sp³-hybridized carbons (Fsp3) is 0. The quantitative estimate of drug-likeness (QED) is 0.255. The number of benzene rings is 2. The van der Waals surface area contributed by atoms with E-state index in [2.05, 4.69) is 0 Å². The zero-order valence-electron chi connectivity index (χ0n) is 10.7. The van der Waals surface area contributed by atoms with Crippen LogP contribution in [-0.4, -0.2) is 31.3 Å². The van der Waals surface area contributed by atoms with Crippen molar-refractivity contribution in [3.8, 4) is 28.7 Å². The molecule has 0 bridgehead atoms. The van der Waals surface area contributed by atoms with E-state index in [1.54, 1.807) is 0 Å². The smallest absolute Gasteiger partial charge is 0.189 e. The lowest BCUT2D eigenvalue weighted by molar-refractivity contribution is 0.104. The molecule has 0 amide bonds. The van der Waals surface area contributed by atoms with E-state index in [0.717, 1.165) is 18.2 Å². The normalized spacial score (nSPS) is 10.9. The topological polar surface area (TPSA) is 118 Å². The molecule has 0 spiro atoms. The summed E-state index contributed by atoms with van der Waals surface area (Å²) in [5.74, 6) is -2.72. The van der Waals surface area contributed by atoms with Crippen LogP contribution < -0.4 is 0 Å². The number of rotatable bonds is 3. The summed E-state index contributed by atoms with van der Waals surface area (Å²) in [6, 6.07) is 5.82. The highest BCUT2D eigenvalue weighted by atomic mass is 16.3. The zero-order chi connectivity index (χ0) is 15.6. The van der Waals surface area contributed by atoms with E-state index in [1.165, 1.54) is 24.3 Å². The summed E-state index contributed by atoms with van der Waals surface area (Å²) < 4.78 is 0. The number of phenols is 5. The van der Waals surface area contributed by atoms with E-state index in [1.807, 2.05) is 0 Å². The minimum atomic E-state index is -0.602. The second-order valence-corrected chi connectivity index (χ2v) is 4.30. The van der Waals surface area contributed by atoms with Gasteiger partial charge < -0.3 is 25.5 Å². The van der Waals surface area contributed by atoms with Gasteiger partial charge in [0.2, 0.25) is 0 Å². The number of hydrogen-bond acceptors (Lipinski definition) is 6. The molecule has 0 fully saturated rings. The summed E-state index contributed by atoms with van der Waals surface area (Å²) in [7, 11) is 0. The van der Waals surface area contributed by atoms with Gasteiger partial charge in [-0.05, 0) is 29.8 Å². The van der Waals surface area contributed by atoms with Crippen molar-refractivity contribution < 1.29 is 30.3 Å². The SMILES string of the molecule is O=C(/C=C/c1ccc(O)c(O)c1)c1cc(O)c(O)cc1O. The molecular weight excluding hydrogens is 276 g/mol. The Balaban J connectivity index is 2.27. The Labute approximate surface area is 119 Å². The van der Waals surface area contributed by atoms with E-state index in [0.29, 0.717) is 5.56 Å². The highest BCUT2D eigenvalue weighted by molar-refractivity contribution is 6.09. The van der Waals surface area contributed by atoms with Gasteiger partial charge in [-0.25, -0.2) is 0 Å². The van der Waals surface area contributed by atoms with Crippen molar-refractivity contribution in [1.82, 2.24) is 0 Å². The number of carbonyl (C=O) groups excluding carboxylic acids is 1. The molecule has 0 unspecified atom stereocenters. The van der Waals surface area contributed by atoms with Crippen LogP contribution in [0.3, 0.4) is 0 Å². The zero-order valence-corrected chi connectivity index (χ0v) is 10.7. The Morgan fingerprint density at radius 2 is 1.38 bits per heavy atom. The molecule has 0 aliphatic rings. The first-order valence-corrected chi connectivity index (χ1v) is 5.88. The highest BCUT2D eigenvalue weighted by Crippen LogP contribution is 2.32. The van der Waals surface area contributed by atoms with E-state index >= 15 is 0 Å². The molecule has 0 aromatic heterocycles. The number of allylic oxidation sites excluding steroid dienone is 1. The summed E-state index contributed by atoms with van der Waals surface area (Å²) in [4.78, 5) is 11.9. The molecule has 0 saturated carbocycles. The lowest BCUT2D eigenvalue weighted by Crippen LogP contribution is -1.94. The summed E-state index contributed by atoms with van der Waals surface area (Å²) in [5.41, 5.74) is 0.283. The number of aromatic hydroxyl groups is 5. The Hall–Kier alpha value is -3.15. The maximum atomic E-state index is 11.9. The van der Waals surface area contributed by atoms with Crippen LogP contribution in [0, 0.1) is 0 Å². The molecule has 2 aromatic rings. The fourth-order valence-corrected chi connectivity index (χ4v) is 1.67. The van der Waals surface area contributed by atoms with Gasteiger partial charge in [-0.15, -0.1) is 0 Å². The minimum Gasteiger partial charge on any atom is -0.507 e. The molecule has 2 aromatic carbocycles. The van der Waals surface area contributed by atoms with Gasteiger partial charge in [-0.3, -0.25) is 4.79 Å².